The van der Waals surface area contributed by atoms with Gasteiger partial charge in [0.25, 0.3) is 5.95 Å². The molecular weight excluding hydrogens is 1170 g/mol. The Hall–Kier alpha value is -8.52. The Morgan fingerprint density at radius 2 is 1.15 bits per heavy atom. The molecule has 9 rings (SSSR count). The largest absolute Gasteiger partial charge is 1.00 e. The lowest BCUT2D eigenvalue weighted by Crippen LogP contribution is -3.00. The second-order valence-corrected chi connectivity index (χ2v) is 22.8. The standard InChI is InChI=1S/C21H24N6O.C12H17ClN4O.C12H20N6O.C11H13NO.C5H12N2O2.ClH/c1-5-16-20(28)25(4)18-13-22-21(24-19(18)26(16)14(2)3)27-17(11-12-23-27)15-9-7-6-8-10-15;1-5-8-11(18)16(4)9-6-14-12(13)15-10(9)17(8)7(2)3;1-5-8-11(19)17(4)9-6-14-12(16-13)15-10(9)18(8)7(2)3;1-12(2)9-8-11(13)10-6-4-3-5-7-10;1-5(2,3)9-4(8)7-6;/h6-14,16H,5H2,1-4H3;6-8H,5H2,1-4H3;6-8H,5,13H2,1-4H3,(H,14,15,16);3-9H,1-2H3;6H2,1-3H3,(H,7,8);1H/b;;;9-8+;;/t16-;2*8-;;;/m111.../s1. The Kier molecular flexibility index (Phi) is 26.5. The van der Waals surface area contributed by atoms with E-state index in [-0.39, 0.29) is 77.4 Å². The Morgan fingerprint density at radius 3 is 1.58 bits per heavy atom. The number of aromatic nitrogens is 8. The maximum atomic E-state index is 12.8. The van der Waals surface area contributed by atoms with E-state index in [0.717, 1.165) is 64.9 Å². The van der Waals surface area contributed by atoms with Crippen molar-refractivity contribution in [3.8, 4) is 17.2 Å². The summed E-state index contributed by atoms with van der Waals surface area (Å²) in [6.45, 7) is 23.7. The number of ether oxygens (including phenoxy) is 1. The predicted octanol–water partition coefficient (Wildman–Crippen LogP) is 4.88. The fourth-order valence-electron chi connectivity index (χ4n) is 9.83. The molecule has 0 bridgehead atoms. The molecule has 0 saturated carbocycles. The van der Waals surface area contributed by atoms with Crippen LogP contribution in [-0.2, 0) is 19.1 Å². The summed E-state index contributed by atoms with van der Waals surface area (Å²) in [6, 6.07) is 21.1. The fourth-order valence-corrected chi connectivity index (χ4v) is 9.96. The van der Waals surface area contributed by atoms with Crippen LogP contribution in [0.15, 0.2) is 104 Å². The van der Waals surface area contributed by atoms with Crippen LogP contribution in [0.2, 0.25) is 5.28 Å². The van der Waals surface area contributed by atoms with Gasteiger partial charge in [-0.15, -0.1) is 0 Å². The van der Waals surface area contributed by atoms with Crippen LogP contribution < -0.4 is 69.3 Å². The first-order valence-electron chi connectivity index (χ1n) is 28.9. The number of carbonyl (C=O) groups is 5. The van der Waals surface area contributed by atoms with Crippen molar-refractivity contribution in [1.82, 2.24) is 45.0 Å². The Morgan fingerprint density at radius 1 is 0.693 bits per heavy atom. The zero-order valence-corrected chi connectivity index (χ0v) is 55.0. The molecule has 7 heterocycles. The molecule has 0 radical (unpaired) electrons. The first kappa shape index (κ1) is 72.0. The molecule has 27 heteroatoms. The number of nitrogens with one attached hydrogen (secondary N) is 3. The lowest BCUT2D eigenvalue weighted by molar-refractivity contribution is -0.364. The van der Waals surface area contributed by atoms with Gasteiger partial charge in [0.1, 0.15) is 40.8 Å². The second kappa shape index (κ2) is 32.5. The van der Waals surface area contributed by atoms with Crippen LogP contribution in [0.3, 0.4) is 0 Å². The highest BCUT2D eigenvalue weighted by Gasteiger charge is 2.42. The minimum atomic E-state index is -0.609. The van der Waals surface area contributed by atoms with Gasteiger partial charge in [-0.2, -0.15) is 25.6 Å². The van der Waals surface area contributed by atoms with Crippen LogP contribution in [0.5, 0.6) is 0 Å². The first-order valence-corrected chi connectivity index (χ1v) is 29.2. The van der Waals surface area contributed by atoms with E-state index in [0.29, 0.717) is 17.6 Å². The lowest BCUT2D eigenvalue weighted by atomic mass is 10.1. The maximum absolute atomic E-state index is 12.8. The summed E-state index contributed by atoms with van der Waals surface area (Å²) in [6.07, 6.45) is 11.7. The van der Waals surface area contributed by atoms with Gasteiger partial charge in [0.2, 0.25) is 28.8 Å². The number of carbonyl (C=O) groups excluding carboxylic acids is 5. The molecular formula is C61H87Cl2N19O6. The van der Waals surface area contributed by atoms with Crippen molar-refractivity contribution >= 4 is 81.7 Å². The monoisotopic (exact) mass is 1250 g/mol. The minimum Gasteiger partial charge on any atom is -1.00 e. The van der Waals surface area contributed by atoms with E-state index >= 15 is 0 Å². The van der Waals surface area contributed by atoms with Crippen LogP contribution >= 0.6 is 11.6 Å². The number of hydrogen-bond donors (Lipinski definition) is 4. The summed E-state index contributed by atoms with van der Waals surface area (Å²) < 4.78 is 6.45. The molecule has 7 N–H and O–H groups in total. The molecule has 476 valence electrons. The Balaban J connectivity index is 0.000000246. The van der Waals surface area contributed by atoms with E-state index in [1.54, 1.807) is 98.4 Å². The normalized spacial score (nSPS) is 15.9. The summed E-state index contributed by atoms with van der Waals surface area (Å²) >= 11 is 5.87. The van der Waals surface area contributed by atoms with Gasteiger partial charge in [-0.1, -0.05) is 81.4 Å². The van der Waals surface area contributed by atoms with Crippen molar-refractivity contribution in [2.75, 3.05) is 70.1 Å². The molecule has 0 spiro atoms. The van der Waals surface area contributed by atoms with Crippen LogP contribution in [0.1, 0.15) is 113 Å². The second-order valence-electron chi connectivity index (χ2n) is 22.4. The number of halogens is 2. The summed E-state index contributed by atoms with van der Waals surface area (Å²) in [4.78, 5) is 97.2. The number of nitrogens with two attached hydrogens (primary N) is 2. The summed E-state index contributed by atoms with van der Waals surface area (Å²) in [7, 11) is 9.07. The maximum Gasteiger partial charge on any atom is 0.421 e. The third kappa shape index (κ3) is 17.6. The summed E-state index contributed by atoms with van der Waals surface area (Å²) in [5, 5.41) is 4.65. The number of anilines is 7. The Bertz CT molecular complexity index is 3310. The van der Waals surface area contributed by atoms with E-state index in [4.69, 9.17) is 33.0 Å². The molecule has 3 aliphatic rings. The van der Waals surface area contributed by atoms with E-state index < -0.39 is 11.7 Å². The van der Waals surface area contributed by atoms with E-state index in [9.17, 15) is 24.0 Å². The van der Waals surface area contributed by atoms with Crippen LogP contribution in [0, 0.1) is 0 Å². The number of nitrogens with zero attached hydrogens (tertiary/aromatic N) is 14. The molecule has 0 fully saturated rings. The first-order chi connectivity index (χ1) is 41.2. The molecule has 88 heavy (non-hydrogen) atoms. The lowest BCUT2D eigenvalue weighted by Gasteiger charge is -2.42. The average Bonchev–Trinajstić information content (AvgIpc) is 1.24. The van der Waals surface area contributed by atoms with Crippen molar-refractivity contribution in [2.45, 2.75) is 144 Å². The third-order valence-corrected chi connectivity index (χ3v) is 14.1. The topological polar surface area (TPSA) is 290 Å². The molecule has 2 aromatic carbocycles. The van der Waals surface area contributed by atoms with E-state index in [1.807, 2.05) is 136 Å². The number of aromatic amines is 1. The van der Waals surface area contributed by atoms with Gasteiger partial charge >= 0.3 is 12.0 Å². The predicted molar refractivity (Wildman–Crippen MR) is 343 cm³/mol. The highest BCUT2D eigenvalue weighted by Crippen LogP contribution is 2.39. The van der Waals surface area contributed by atoms with Gasteiger partial charge in [0.05, 0.1) is 30.5 Å². The number of allylic oxidation sites excluding steroid dienone is 1. The number of benzene rings is 2. The molecule has 25 nitrogen and oxygen atoms in total. The van der Waals surface area contributed by atoms with Gasteiger partial charge in [0.15, 0.2) is 17.4 Å². The van der Waals surface area contributed by atoms with Crippen molar-refractivity contribution in [3.05, 3.63) is 115 Å². The number of fused-ring (bicyclic) bond motifs is 3. The zero-order chi connectivity index (χ0) is 64.6. The highest BCUT2D eigenvalue weighted by molar-refractivity contribution is 6.28. The van der Waals surface area contributed by atoms with Crippen molar-refractivity contribution in [1.29, 1.82) is 0 Å². The number of H-pyrrole nitrogens is 1. The molecule has 0 aliphatic carbocycles. The number of ketones is 1. The molecule has 3 aliphatic heterocycles. The highest BCUT2D eigenvalue weighted by atomic mass is 35.5. The SMILES string of the molecule is CC(C)(C)OC(=O)NN.CC[C@@H]1C(=O)N(C)c2c[nH+]c(NN)nc2N1C(C)C.CC[C@@H]1C(=O)N(C)c2cnc(-n3nccc3-c3ccccc3)nc2N1C(C)C.CC[C@@H]1C(=O)N(C)c2cnc(Cl)nc2N1C(C)C.CN(C)/C=C/C(=O)c1ccccc1.[Cl-]. The van der Waals surface area contributed by atoms with Crippen molar-refractivity contribution in [2.24, 2.45) is 11.7 Å². The molecule has 0 unspecified atom stereocenters. The van der Waals surface area contributed by atoms with Crippen LogP contribution in [0.4, 0.5) is 45.3 Å². The molecule has 0 saturated heterocycles. The number of amides is 4. The quantitative estimate of drug-likeness (QED) is 0.0317. The smallest absolute Gasteiger partial charge is 0.421 e. The molecule has 3 atom stereocenters. The Labute approximate surface area is 528 Å². The van der Waals surface area contributed by atoms with Gasteiger partial charge in [-0.3, -0.25) is 24.6 Å². The van der Waals surface area contributed by atoms with E-state index in [1.165, 1.54) is 0 Å². The number of hydrogen-bond acceptors (Lipinski definition) is 19. The summed E-state index contributed by atoms with van der Waals surface area (Å²) in [5.74, 6) is 13.7. The van der Waals surface area contributed by atoms with Gasteiger partial charge in [0, 0.05) is 76.8 Å². The van der Waals surface area contributed by atoms with Gasteiger partial charge < -0.3 is 51.4 Å². The fraction of sp³-hybridized carbons (Fsp3) is 0.443. The van der Waals surface area contributed by atoms with Gasteiger partial charge in [-0.25, -0.2) is 31.0 Å². The third-order valence-electron chi connectivity index (χ3n) is 13.9. The number of likely N-dealkylation sites (N-methyl/N-ethyl adjacent to an activating group) is 3. The molecule has 4 aromatic heterocycles. The molecule has 6 aromatic rings. The summed E-state index contributed by atoms with van der Waals surface area (Å²) in [5.41, 5.74) is 8.78. The minimum absolute atomic E-state index is 0. The average molecular weight is 1250 g/mol. The number of rotatable bonds is 12. The van der Waals surface area contributed by atoms with Crippen molar-refractivity contribution in [3.63, 3.8) is 0 Å². The number of nitrogen functional groups attached to an aromatic ring is 1. The van der Waals surface area contributed by atoms with Crippen molar-refractivity contribution < 1.29 is 46.1 Å². The number of hydrazine groups is 2. The van der Waals surface area contributed by atoms with E-state index in [2.05, 4.69) is 68.0 Å². The van der Waals surface area contributed by atoms with Crippen LogP contribution in [-0.4, -0.2) is 146 Å². The van der Waals surface area contributed by atoms with Crippen LogP contribution in [0.25, 0.3) is 17.2 Å². The van der Waals surface area contributed by atoms with Gasteiger partial charge in [-0.05, 0) is 104 Å². The molecule has 4 amide bonds. The zero-order valence-electron chi connectivity index (χ0n) is 53.5.